The highest BCUT2D eigenvalue weighted by Gasteiger charge is 2.23. The third-order valence-corrected chi connectivity index (χ3v) is 3.69. The molecule has 0 saturated heterocycles. The number of hydrogen-bond acceptors (Lipinski definition) is 4. The maximum Gasteiger partial charge on any atom is 0.308 e. The molecule has 6 nitrogen and oxygen atoms in total. The van der Waals surface area contributed by atoms with Gasteiger partial charge >= 0.3 is 5.97 Å². The quantitative estimate of drug-likeness (QED) is 0.870. The van der Waals surface area contributed by atoms with Crippen molar-refractivity contribution in [2.24, 2.45) is 5.92 Å². The predicted octanol–water partition coefficient (Wildman–Crippen LogP) is 1.04. The van der Waals surface area contributed by atoms with Crippen LogP contribution in [0.2, 0.25) is 0 Å². The molecular formula is C12H14N2O4S. The van der Waals surface area contributed by atoms with Crippen LogP contribution in [-0.2, 0) is 14.8 Å². The molecule has 1 rings (SSSR count). The van der Waals surface area contributed by atoms with Gasteiger partial charge in [0, 0.05) is 6.54 Å². The van der Waals surface area contributed by atoms with Crippen molar-refractivity contribution in [1.82, 2.24) is 0 Å². The second-order valence-electron chi connectivity index (χ2n) is 4.20. The van der Waals surface area contributed by atoms with Crippen molar-refractivity contribution in [2.45, 2.75) is 6.92 Å². The number of sulfonamides is 1. The van der Waals surface area contributed by atoms with E-state index in [0.717, 1.165) is 10.6 Å². The molecule has 0 aliphatic heterocycles. The lowest BCUT2D eigenvalue weighted by atomic mass is 10.1. The van der Waals surface area contributed by atoms with E-state index >= 15 is 0 Å². The molecule has 7 heteroatoms. The van der Waals surface area contributed by atoms with Crippen molar-refractivity contribution >= 4 is 21.7 Å². The average molecular weight is 282 g/mol. The number of hydrogen-bond donors (Lipinski definition) is 1. The lowest BCUT2D eigenvalue weighted by Crippen LogP contribution is -2.36. The fourth-order valence-corrected chi connectivity index (χ4v) is 2.48. The first-order valence-electron chi connectivity index (χ1n) is 5.46. The molecule has 0 amide bonds. The molecule has 1 atom stereocenters. The zero-order valence-electron chi connectivity index (χ0n) is 10.6. The number of nitriles is 1. The number of anilines is 1. The zero-order valence-corrected chi connectivity index (χ0v) is 11.4. The third kappa shape index (κ3) is 3.96. The summed E-state index contributed by atoms with van der Waals surface area (Å²) in [6.45, 7) is 1.25. The van der Waals surface area contributed by atoms with E-state index in [9.17, 15) is 13.2 Å². The Bertz CT molecular complexity index is 619. The molecule has 0 radical (unpaired) electrons. The van der Waals surface area contributed by atoms with Gasteiger partial charge in [0.25, 0.3) is 0 Å². The van der Waals surface area contributed by atoms with Crippen molar-refractivity contribution in [3.8, 4) is 6.07 Å². The lowest BCUT2D eigenvalue weighted by Gasteiger charge is -2.24. The van der Waals surface area contributed by atoms with E-state index in [0.29, 0.717) is 5.56 Å². The van der Waals surface area contributed by atoms with Crippen molar-refractivity contribution in [3.05, 3.63) is 29.8 Å². The summed E-state index contributed by atoms with van der Waals surface area (Å²) in [7, 11) is -3.61. The van der Waals surface area contributed by atoms with Crippen LogP contribution in [0.4, 0.5) is 5.69 Å². The number of aliphatic carboxylic acids is 1. The van der Waals surface area contributed by atoms with E-state index in [4.69, 9.17) is 10.4 Å². The van der Waals surface area contributed by atoms with Gasteiger partial charge in [0.1, 0.15) is 0 Å². The number of carboxylic acids is 1. The minimum atomic E-state index is -3.61. The minimum absolute atomic E-state index is 0.178. The Labute approximate surface area is 111 Å². The molecule has 0 spiro atoms. The number of carboxylic acid groups (broad SMARTS) is 1. The molecule has 0 aliphatic rings. The van der Waals surface area contributed by atoms with Crippen molar-refractivity contribution in [2.75, 3.05) is 17.1 Å². The SMILES string of the molecule is CC(CN(c1cccc(C#N)c1)S(C)(=O)=O)C(=O)O. The second kappa shape index (κ2) is 5.71. The Kier molecular flexibility index (Phi) is 4.51. The summed E-state index contributed by atoms with van der Waals surface area (Å²) in [4.78, 5) is 10.8. The summed E-state index contributed by atoms with van der Waals surface area (Å²) in [6.07, 6.45) is 1.00. The van der Waals surface area contributed by atoms with Crippen LogP contribution >= 0.6 is 0 Å². The molecule has 0 aliphatic carbocycles. The van der Waals surface area contributed by atoms with Crippen molar-refractivity contribution in [1.29, 1.82) is 5.26 Å². The smallest absolute Gasteiger partial charge is 0.308 e. The fraction of sp³-hybridized carbons (Fsp3) is 0.333. The molecule has 0 aromatic heterocycles. The van der Waals surface area contributed by atoms with Crippen LogP contribution in [0.3, 0.4) is 0 Å². The summed E-state index contributed by atoms with van der Waals surface area (Å²) < 4.78 is 24.5. The molecule has 0 bridgehead atoms. The third-order valence-electron chi connectivity index (χ3n) is 2.52. The molecule has 1 N–H and O–H groups in total. The highest BCUT2D eigenvalue weighted by Crippen LogP contribution is 2.20. The van der Waals surface area contributed by atoms with Crippen LogP contribution in [0, 0.1) is 17.2 Å². The first-order valence-corrected chi connectivity index (χ1v) is 7.31. The fourth-order valence-electron chi connectivity index (χ4n) is 1.49. The molecule has 1 aromatic carbocycles. The topological polar surface area (TPSA) is 98.5 Å². The van der Waals surface area contributed by atoms with Crippen LogP contribution in [0.15, 0.2) is 24.3 Å². The normalized spacial score (nSPS) is 12.5. The highest BCUT2D eigenvalue weighted by atomic mass is 32.2. The van der Waals surface area contributed by atoms with E-state index in [1.165, 1.54) is 19.1 Å². The van der Waals surface area contributed by atoms with Gasteiger partial charge < -0.3 is 5.11 Å². The van der Waals surface area contributed by atoms with Crippen LogP contribution in [0.1, 0.15) is 12.5 Å². The maximum atomic E-state index is 11.7. The van der Waals surface area contributed by atoms with Gasteiger partial charge in [-0.2, -0.15) is 5.26 Å². The number of carbonyl (C=O) groups is 1. The minimum Gasteiger partial charge on any atom is -0.481 e. The number of benzene rings is 1. The maximum absolute atomic E-state index is 11.7. The van der Waals surface area contributed by atoms with Gasteiger partial charge in [0.05, 0.1) is 29.5 Å². The van der Waals surface area contributed by atoms with Gasteiger partial charge in [-0.3, -0.25) is 9.10 Å². The predicted molar refractivity (Wildman–Crippen MR) is 70.1 cm³/mol. The molecule has 0 saturated carbocycles. The van der Waals surface area contributed by atoms with Gasteiger partial charge in [-0.15, -0.1) is 0 Å². The second-order valence-corrected chi connectivity index (χ2v) is 6.10. The summed E-state index contributed by atoms with van der Waals surface area (Å²) >= 11 is 0. The van der Waals surface area contributed by atoms with Gasteiger partial charge in [-0.05, 0) is 18.2 Å². The first-order chi connectivity index (χ1) is 8.75. The zero-order chi connectivity index (χ0) is 14.6. The van der Waals surface area contributed by atoms with Gasteiger partial charge in [0.15, 0.2) is 0 Å². The molecule has 19 heavy (non-hydrogen) atoms. The summed E-state index contributed by atoms with van der Waals surface area (Å²) in [5.74, 6) is -1.93. The summed E-state index contributed by atoms with van der Waals surface area (Å²) in [5.41, 5.74) is 0.601. The van der Waals surface area contributed by atoms with E-state index in [-0.39, 0.29) is 12.2 Å². The van der Waals surface area contributed by atoms with E-state index in [1.807, 2.05) is 6.07 Å². The van der Waals surface area contributed by atoms with Crippen molar-refractivity contribution in [3.63, 3.8) is 0 Å². The molecule has 1 aromatic rings. The van der Waals surface area contributed by atoms with Crippen LogP contribution in [0.25, 0.3) is 0 Å². The Morgan fingerprint density at radius 2 is 2.16 bits per heavy atom. The van der Waals surface area contributed by atoms with Gasteiger partial charge in [-0.25, -0.2) is 8.42 Å². The summed E-state index contributed by atoms with van der Waals surface area (Å²) in [5, 5.41) is 17.7. The van der Waals surface area contributed by atoms with Crippen LogP contribution in [0.5, 0.6) is 0 Å². The van der Waals surface area contributed by atoms with Crippen LogP contribution < -0.4 is 4.31 Å². The van der Waals surface area contributed by atoms with Crippen molar-refractivity contribution < 1.29 is 18.3 Å². The van der Waals surface area contributed by atoms with Gasteiger partial charge in [-0.1, -0.05) is 13.0 Å². The number of nitrogens with zero attached hydrogens (tertiary/aromatic N) is 2. The van der Waals surface area contributed by atoms with Gasteiger partial charge in [0.2, 0.25) is 10.0 Å². The Hall–Kier alpha value is -2.07. The van der Waals surface area contributed by atoms with E-state index in [2.05, 4.69) is 0 Å². The first kappa shape index (κ1) is 15.0. The molecule has 0 heterocycles. The Morgan fingerprint density at radius 3 is 2.63 bits per heavy atom. The lowest BCUT2D eigenvalue weighted by molar-refractivity contribution is -0.140. The van der Waals surface area contributed by atoms with Crippen LogP contribution in [-0.4, -0.2) is 32.3 Å². The molecular weight excluding hydrogens is 268 g/mol. The number of rotatable bonds is 5. The Balaban J connectivity index is 3.18. The Morgan fingerprint density at radius 1 is 1.53 bits per heavy atom. The van der Waals surface area contributed by atoms with E-state index < -0.39 is 21.9 Å². The standard InChI is InChI=1S/C12H14N2O4S/c1-9(12(15)16)8-14(19(2,17)18)11-5-3-4-10(6-11)7-13/h3-6,9H,8H2,1-2H3,(H,15,16). The van der Waals surface area contributed by atoms with E-state index in [1.54, 1.807) is 12.1 Å². The molecule has 1 unspecified atom stereocenters. The average Bonchev–Trinajstić information content (AvgIpc) is 2.34. The molecule has 102 valence electrons. The molecule has 0 fully saturated rings. The monoisotopic (exact) mass is 282 g/mol. The largest absolute Gasteiger partial charge is 0.481 e. The summed E-state index contributed by atoms with van der Waals surface area (Å²) in [6, 6.07) is 7.95. The highest BCUT2D eigenvalue weighted by molar-refractivity contribution is 7.92.